The average Bonchev–Trinajstić information content (AvgIpc) is 3.98. The molecule has 56 heavy (non-hydrogen) atoms. The Morgan fingerprint density at radius 3 is 1.39 bits per heavy atom. The normalized spacial score (nSPS) is 18.5. The van der Waals surface area contributed by atoms with Gasteiger partial charge in [-0.15, -0.1) is 0 Å². The summed E-state index contributed by atoms with van der Waals surface area (Å²) in [5.74, 6) is -0.633. The smallest absolute Gasteiger partial charge is 0.341 e. The Balaban J connectivity index is 1.44. The Morgan fingerprint density at radius 1 is 0.571 bits per heavy atom. The molecule has 5 aromatic carbocycles. The van der Waals surface area contributed by atoms with Gasteiger partial charge in [0.05, 0.1) is 25.7 Å². The number of esters is 1. The molecule has 5 aromatic rings. The molecule has 4 nitrogen and oxygen atoms in total. The molecular weight excluding hydrogens is 778 g/mol. The second kappa shape index (κ2) is 15.6. The van der Waals surface area contributed by atoms with E-state index in [1.54, 1.807) is 0 Å². The maximum atomic E-state index is 14.3. The number of aryl methyl sites for hydroxylation is 4. The van der Waals surface area contributed by atoms with Crippen molar-refractivity contribution in [1.82, 2.24) is 0 Å². The third-order valence-corrected chi connectivity index (χ3v) is 13.3. The third-order valence-electron chi connectivity index (χ3n) is 11.5. The zero-order valence-electron chi connectivity index (χ0n) is 32.1. The lowest BCUT2D eigenvalue weighted by Gasteiger charge is -2.28. The quantitative estimate of drug-likeness (QED) is 0.0887. The second-order valence-corrected chi connectivity index (χ2v) is 16.9. The molecular formula is C48H44Cl4N2O2. The summed E-state index contributed by atoms with van der Waals surface area (Å²) in [6.45, 7) is 12.6. The molecule has 3 aliphatic heterocycles. The van der Waals surface area contributed by atoms with Crippen LogP contribution in [0.4, 0.5) is 11.4 Å². The molecule has 0 unspecified atom stereocenters. The van der Waals surface area contributed by atoms with Crippen LogP contribution in [0.25, 0.3) is 11.1 Å². The highest BCUT2D eigenvalue weighted by Crippen LogP contribution is 2.54. The van der Waals surface area contributed by atoms with E-state index in [1.165, 1.54) is 37.1 Å². The lowest BCUT2D eigenvalue weighted by atomic mass is 9.81. The second-order valence-electron chi connectivity index (χ2n) is 15.4. The van der Waals surface area contributed by atoms with Crippen molar-refractivity contribution in [2.24, 2.45) is 0 Å². The summed E-state index contributed by atoms with van der Waals surface area (Å²) in [5, 5.41) is 0.198. The van der Waals surface area contributed by atoms with Crippen LogP contribution in [0.5, 0.6) is 0 Å². The lowest BCUT2D eigenvalue weighted by molar-refractivity contribution is 0.0300. The molecule has 3 heterocycles. The van der Waals surface area contributed by atoms with Crippen molar-refractivity contribution in [1.29, 1.82) is 0 Å². The summed E-state index contributed by atoms with van der Waals surface area (Å²) in [7, 11) is 0. The topological polar surface area (TPSA) is 32.8 Å². The summed E-state index contributed by atoms with van der Waals surface area (Å²) in [6, 6.07) is 30.0. The zero-order valence-corrected chi connectivity index (χ0v) is 35.1. The number of fused-ring (bicyclic) bond motifs is 1. The molecule has 286 valence electrons. The van der Waals surface area contributed by atoms with Gasteiger partial charge in [0.2, 0.25) is 0 Å². The Kier molecular flexibility index (Phi) is 10.8. The number of carbonyl (C=O) groups excluding carboxylic acids is 1. The summed E-state index contributed by atoms with van der Waals surface area (Å²) in [4.78, 5) is 19.2. The van der Waals surface area contributed by atoms with Crippen molar-refractivity contribution < 1.29 is 9.53 Å². The van der Waals surface area contributed by atoms with Crippen LogP contribution in [0.1, 0.15) is 86.1 Å². The van der Waals surface area contributed by atoms with E-state index in [2.05, 4.69) is 122 Å². The number of benzene rings is 5. The molecule has 0 saturated carbocycles. The monoisotopic (exact) mass is 820 g/mol. The van der Waals surface area contributed by atoms with Crippen molar-refractivity contribution in [2.45, 2.75) is 59.0 Å². The fraction of sp³-hybridized carbons (Fsp3) is 0.271. The molecule has 0 spiro atoms. The molecule has 0 atom stereocenters. The van der Waals surface area contributed by atoms with Gasteiger partial charge in [0.15, 0.2) is 5.60 Å². The van der Waals surface area contributed by atoms with Crippen LogP contribution >= 0.6 is 46.4 Å². The van der Waals surface area contributed by atoms with E-state index in [9.17, 15) is 4.79 Å². The van der Waals surface area contributed by atoms with E-state index >= 15 is 0 Å². The van der Waals surface area contributed by atoms with E-state index in [4.69, 9.17) is 51.1 Å². The summed E-state index contributed by atoms with van der Waals surface area (Å²) in [5.41, 5.74) is 11.4. The van der Waals surface area contributed by atoms with Gasteiger partial charge >= 0.3 is 5.97 Å². The average molecular weight is 823 g/mol. The van der Waals surface area contributed by atoms with E-state index in [0.29, 0.717) is 5.56 Å². The number of nitrogens with zero attached hydrogens (tertiary/aromatic N) is 2. The van der Waals surface area contributed by atoms with Crippen molar-refractivity contribution >= 4 is 74.9 Å². The SMILES string of the molecule is Cc1ccc(C(=CC2(C=C(c3ccc(C)cc3)c3ccc(N4CCCC4)cc3C)OC(=O)c3c(Cl)c(Cl)c(Cl)c(Cl)c32)c2ccc(N3CCCC3)cc2C)cc1. The fourth-order valence-corrected chi connectivity index (χ4v) is 9.54. The van der Waals surface area contributed by atoms with Crippen LogP contribution in [0.2, 0.25) is 20.1 Å². The molecule has 0 bridgehead atoms. The summed E-state index contributed by atoms with van der Waals surface area (Å²) < 4.78 is 6.68. The van der Waals surface area contributed by atoms with E-state index in [0.717, 1.165) is 81.8 Å². The zero-order chi connectivity index (χ0) is 39.3. The van der Waals surface area contributed by atoms with Crippen LogP contribution in [0, 0.1) is 27.7 Å². The maximum absolute atomic E-state index is 14.3. The minimum atomic E-state index is -1.57. The Hall–Kier alpha value is -4.19. The predicted molar refractivity (Wildman–Crippen MR) is 235 cm³/mol. The number of anilines is 2. The van der Waals surface area contributed by atoms with Crippen LogP contribution < -0.4 is 9.80 Å². The molecule has 0 radical (unpaired) electrons. The van der Waals surface area contributed by atoms with Gasteiger partial charge in [-0.05, 0) is 134 Å². The number of ether oxygens (including phenoxy) is 1. The number of cyclic esters (lactones) is 1. The molecule has 0 aliphatic carbocycles. The minimum absolute atomic E-state index is 0.0100. The van der Waals surface area contributed by atoms with Gasteiger partial charge in [-0.3, -0.25) is 0 Å². The van der Waals surface area contributed by atoms with Gasteiger partial charge in [0, 0.05) is 43.1 Å². The van der Waals surface area contributed by atoms with Gasteiger partial charge in [0.1, 0.15) is 0 Å². The Labute approximate surface area is 350 Å². The van der Waals surface area contributed by atoms with Gasteiger partial charge in [-0.1, -0.05) is 118 Å². The van der Waals surface area contributed by atoms with E-state index < -0.39 is 11.6 Å². The molecule has 3 aliphatic rings. The van der Waals surface area contributed by atoms with Crippen molar-refractivity contribution in [3.05, 3.63) is 173 Å². The molecule has 2 fully saturated rings. The number of hydrogen-bond acceptors (Lipinski definition) is 4. The lowest BCUT2D eigenvalue weighted by Crippen LogP contribution is -2.23. The van der Waals surface area contributed by atoms with E-state index in [1.807, 2.05) is 12.2 Å². The minimum Gasteiger partial charge on any atom is -0.442 e. The molecule has 8 heteroatoms. The van der Waals surface area contributed by atoms with Crippen molar-refractivity contribution in [3.8, 4) is 0 Å². The first-order chi connectivity index (χ1) is 26.9. The number of hydrogen-bond donors (Lipinski definition) is 0. The highest BCUT2D eigenvalue weighted by Gasteiger charge is 2.48. The van der Waals surface area contributed by atoms with Gasteiger partial charge in [-0.25, -0.2) is 4.79 Å². The highest BCUT2D eigenvalue weighted by molar-refractivity contribution is 6.53. The van der Waals surface area contributed by atoms with Gasteiger partial charge in [0.25, 0.3) is 0 Å². The highest BCUT2D eigenvalue weighted by atomic mass is 35.5. The predicted octanol–water partition coefficient (Wildman–Crippen LogP) is 13.4. The van der Waals surface area contributed by atoms with E-state index in [-0.39, 0.29) is 25.7 Å². The largest absolute Gasteiger partial charge is 0.442 e. The molecule has 0 amide bonds. The standard InChI is InChI=1S/C48H44Cl4N2O2/c1-29-9-13-33(14-10-29)39(37-19-17-35(25-31(37)3)53-21-5-6-22-53)27-48(42-41(47(55)56-48)43(49)45(51)46(52)44(42)50)28-40(34-15-11-30(2)12-16-34)38-20-18-36(26-32(38)4)54-23-7-8-24-54/h9-20,25-28H,5-8,21-24H2,1-4H3. The first-order valence-corrected chi connectivity index (χ1v) is 20.9. The fourth-order valence-electron chi connectivity index (χ4n) is 8.46. The molecule has 2 saturated heterocycles. The summed E-state index contributed by atoms with van der Waals surface area (Å²) >= 11 is 27.6. The molecule has 0 aromatic heterocycles. The molecule has 8 rings (SSSR count). The van der Waals surface area contributed by atoms with Crippen molar-refractivity contribution in [3.63, 3.8) is 0 Å². The van der Waals surface area contributed by atoms with Crippen LogP contribution in [0.15, 0.2) is 97.1 Å². The first kappa shape index (κ1) is 38.7. The Bertz CT molecular complexity index is 2280. The van der Waals surface area contributed by atoms with Crippen LogP contribution in [-0.2, 0) is 10.3 Å². The maximum Gasteiger partial charge on any atom is 0.341 e. The van der Waals surface area contributed by atoms with Crippen LogP contribution in [0.3, 0.4) is 0 Å². The number of rotatable bonds is 8. The Morgan fingerprint density at radius 2 is 0.982 bits per heavy atom. The van der Waals surface area contributed by atoms with Gasteiger partial charge in [-0.2, -0.15) is 0 Å². The van der Waals surface area contributed by atoms with Gasteiger partial charge < -0.3 is 14.5 Å². The van der Waals surface area contributed by atoms with Crippen molar-refractivity contribution in [2.75, 3.05) is 36.0 Å². The third kappa shape index (κ3) is 7.15. The molecule has 0 N–H and O–H groups in total. The van der Waals surface area contributed by atoms with Crippen LogP contribution in [-0.4, -0.2) is 32.1 Å². The number of carbonyl (C=O) groups is 1. The summed E-state index contributed by atoms with van der Waals surface area (Å²) in [6.07, 6.45) is 8.80. The number of halogens is 4. The first-order valence-electron chi connectivity index (χ1n) is 19.4.